The highest BCUT2D eigenvalue weighted by molar-refractivity contribution is 9.10. The van der Waals surface area contributed by atoms with Crippen molar-refractivity contribution in [2.75, 3.05) is 6.54 Å². The zero-order valence-electron chi connectivity index (χ0n) is 9.50. The van der Waals surface area contributed by atoms with E-state index in [4.69, 9.17) is 5.73 Å². The van der Waals surface area contributed by atoms with Gasteiger partial charge in [0, 0.05) is 26.6 Å². The average Bonchev–Trinajstić information content (AvgIpc) is 2.20. The Balaban J connectivity index is 2.86. The second-order valence-electron chi connectivity index (χ2n) is 3.77. The summed E-state index contributed by atoms with van der Waals surface area (Å²) in [5.41, 5.74) is 6.09. The van der Waals surface area contributed by atoms with Gasteiger partial charge in [0.1, 0.15) is 0 Å². The van der Waals surface area contributed by atoms with E-state index in [2.05, 4.69) is 29.8 Å². The van der Waals surface area contributed by atoms with Crippen LogP contribution in [0.1, 0.15) is 30.6 Å². The maximum absolute atomic E-state index is 11.6. The summed E-state index contributed by atoms with van der Waals surface area (Å²) < 4.78 is 0.981. The Kier molecular flexibility index (Phi) is 5.52. The van der Waals surface area contributed by atoms with Crippen molar-refractivity contribution in [1.29, 1.82) is 0 Å². The van der Waals surface area contributed by atoms with Crippen LogP contribution in [0.5, 0.6) is 0 Å². The van der Waals surface area contributed by atoms with Crippen molar-refractivity contribution in [3.8, 4) is 0 Å². The standard InChI is InChI=1S/C12H16BrNOS/c1-8(2)16-12-4-3-9(7-10(12)13)11(15)5-6-14/h3-4,7-8H,5-6,14H2,1-2H3. The number of ketones is 1. The Morgan fingerprint density at radius 2 is 2.19 bits per heavy atom. The molecule has 2 N–H and O–H groups in total. The number of nitrogens with two attached hydrogens (primary N) is 1. The Hall–Kier alpha value is -0.320. The number of carbonyl (C=O) groups excluding carboxylic acids is 1. The first kappa shape index (κ1) is 13.7. The Labute approximate surface area is 109 Å². The third-order valence-corrected chi connectivity index (χ3v) is 3.99. The van der Waals surface area contributed by atoms with E-state index in [1.54, 1.807) is 11.8 Å². The van der Waals surface area contributed by atoms with Crippen LogP contribution < -0.4 is 5.73 Å². The van der Waals surface area contributed by atoms with E-state index in [0.717, 1.165) is 10.0 Å². The van der Waals surface area contributed by atoms with Gasteiger partial charge in [0.05, 0.1) is 0 Å². The normalized spacial score (nSPS) is 10.8. The van der Waals surface area contributed by atoms with E-state index < -0.39 is 0 Å². The van der Waals surface area contributed by atoms with Crippen LogP contribution in [-0.2, 0) is 0 Å². The number of halogens is 1. The van der Waals surface area contributed by atoms with Gasteiger partial charge < -0.3 is 5.73 Å². The number of hydrogen-bond acceptors (Lipinski definition) is 3. The number of carbonyl (C=O) groups is 1. The summed E-state index contributed by atoms with van der Waals surface area (Å²) >= 11 is 5.27. The van der Waals surface area contributed by atoms with E-state index in [9.17, 15) is 4.79 Å². The van der Waals surface area contributed by atoms with Gasteiger partial charge in [-0.15, -0.1) is 11.8 Å². The summed E-state index contributed by atoms with van der Waals surface area (Å²) in [6.45, 7) is 4.69. The highest BCUT2D eigenvalue weighted by Gasteiger charge is 2.09. The summed E-state index contributed by atoms with van der Waals surface area (Å²) in [5.74, 6) is 0.101. The summed E-state index contributed by atoms with van der Waals surface area (Å²) in [6, 6.07) is 5.73. The van der Waals surface area contributed by atoms with E-state index >= 15 is 0 Å². The number of Topliss-reactive ketones (excluding diaryl/α,β-unsaturated/α-hetero) is 1. The molecule has 1 rings (SSSR count). The number of benzene rings is 1. The molecule has 1 aromatic carbocycles. The third-order valence-electron chi connectivity index (χ3n) is 1.99. The minimum Gasteiger partial charge on any atom is -0.330 e. The number of hydrogen-bond donors (Lipinski definition) is 1. The van der Waals surface area contributed by atoms with E-state index in [0.29, 0.717) is 18.2 Å². The first-order valence-corrected chi connectivity index (χ1v) is 6.91. The number of thioether (sulfide) groups is 1. The predicted octanol–water partition coefficient (Wildman–Crippen LogP) is 3.48. The summed E-state index contributed by atoms with van der Waals surface area (Å²) in [6.07, 6.45) is 0.406. The molecule has 0 spiro atoms. The van der Waals surface area contributed by atoms with Crippen molar-refractivity contribution in [3.63, 3.8) is 0 Å². The van der Waals surface area contributed by atoms with Gasteiger partial charge in [-0.25, -0.2) is 0 Å². The fraction of sp³-hybridized carbons (Fsp3) is 0.417. The fourth-order valence-electron chi connectivity index (χ4n) is 1.30. The Morgan fingerprint density at radius 1 is 1.50 bits per heavy atom. The molecular formula is C12H16BrNOS. The molecule has 0 atom stereocenters. The third kappa shape index (κ3) is 3.92. The van der Waals surface area contributed by atoms with Gasteiger partial charge in [0.15, 0.2) is 5.78 Å². The second kappa shape index (κ2) is 6.42. The van der Waals surface area contributed by atoms with Gasteiger partial charge in [-0.05, 0) is 34.6 Å². The minimum absolute atomic E-state index is 0.101. The minimum atomic E-state index is 0.101. The van der Waals surface area contributed by atoms with Crippen LogP contribution in [0.3, 0.4) is 0 Å². The van der Waals surface area contributed by atoms with Crippen molar-refractivity contribution in [2.24, 2.45) is 5.73 Å². The van der Waals surface area contributed by atoms with Crippen molar-refractivity contribution in [2.45, 2.75) is 30.4 Å². The molecule has 0 bridgehead atoms. The summed E-state index contributed by atoms with van der Waals surface area (Å²) in [5, 5.41) is 0.530. The maximum atomic E-state index is 11.6. The number of rotatable bonds is 5. The SMILES string of the molecule is CC(C)Sc1ccc(C(=O)CCN)cc1Br. The van der Waals surface area contributed by atoms with E-state index in [-0.39, 0.29) is 5.78 Å². The monoisotopic (exact) mass is 301 g/mol. The van der Waals surface area contributed by atoms with Crippen LogP contribution in [0.15, 0.2) is 27.6 Å². The zero-order valence-corrected chi connectivity index (χ0v) is 11.9. The smallest absolute Gasteiger partial charge is 0.164 e. The molecule has 0 radical (unpaired) electrons. The first-order chi connectivity index (χ1) is 7.54. The molecule has 0 aromatic heterocycles. The largest absolute Gasteiger partial charge is 0.330 e. The van der Waals surface area contributed by atoms with Gasteiger partial charge in [-0.3, -0.25) is 4.79 Å². The average molecular weight is 302 g/mol. The predicted molar refractivity (Wildman–Crippen MR) is 73.1 cm³/mol. The van der Waals surface area contributed by atoms with E-state index in [1.807, 2.05) is 18.2 Å². The molecule has 16 heavy (non-hydrogen) atoms. The summed E-state index contributed by atoms with van der Waals surface area (Å²) in [7, 11) is 0. The maximum Gasteiger partial charge on any atom is 0.164 e. The molecule has 2 nitrogen and oxygen atoms in total. The zero-order chi connectivity index (χ0) is 12.1. The van der Waals surface area contributed by atoms with Crippen molar-refractivity contribution in [1.82, 2.24) is 0 Å². The lowest BCUT2D eigenvalue weighted by Gasteiger charge is -2.08. The second-order valence-corrected chi connectivity index (χ2v) is 6.25. The van der Waals surface area contributed by atoms with Gasteiger partial charge in [-0.2, -0.15) is 0 Å². The van der Waals surface area contributed by atoms with Crippen LogP contribution in [0.25, 0.3) is 0 Å². The first-order valence-electron chi connectivity index (χ1n) is 5.24. The molecule has 0 unspecified atom stereocenters. The molecule has 0 fully saturated rings. The topological polar surface area (TPSA) is 43.1 Å². The fourth-order valence-corrected chi connectivity index (χ4v) is 2.78. The summed E-state index contributed by atoms with van der Waals surface area (Å²) in [4.78, 5) is 12.8. The van der Waals surface area contributed by atoms with Crippen molar-refractivity contribution >= 4 is 33.5 Å². The molecule has 0 saturated heterocycles. The van der Waals surface area contributed by atoms with E-state index in [1.165, 1.54) is 4.90 Å². The molecule has 0 heterocycles. The van der Waals surface area contributed by atoms with Gasteiger partial charge in [0.25, 0.3) is 0 Å². The molecule has 0 amide bonds. The molecule has 0 aliphatic carbocycles. The van der Waals surface area contributed by atoms with Crippen LogP contribution in [0.4, 0.5) is 0 Å². The van der Waals surface area contributed by atoms with Crippen LogP contribution >= 0.6 is 27.7 Å². The van der Waals surface area contributed by atoms with Gasteiger partial charge in [0.2, 0.25) is 0 Å². The highest BCUT2D eigenvalue weighted by Crippen LogP contribution is 2.31. The van der Waals surface area contributed by atoms with Crippen molar-refractivity contribution < 1.29 is 4.79 Å². The molecule has 1 aromatic rings. The van der Waals surface area contributed by atoms with Crippen LogP contribution in [-0.4, -0.2) is 17.6 Å². The van der Waals surface area contributed by atoms with Crippen molar-refractivity contribution in [3.05, 3.63) is 28.2 Å². The molecular weight excluding hydrogens is 286 g/mol. The van der Waals surface area contributed by atoms with Gasteiger partial charge >= 0.3 is 0 Å². The lowest BCUT2D eigenvalue weighted by Crippen LogP contribution is -2.08. The Morgan fingerprint density at radius 3 is 2.69 bits per heavy atom. The quantitative estimate of drug-likeness (QED) is 0.669. The lowest BCUT2D eigenvalue weighted by atomic mass is 10.1. The molecule has 88 valence electrons. The lowest BCUT2D eigenvalue weighted by molar-refractivity contribution is 0.0985. The highest BCUT2D eigenvalue weighted by atomic mass is 79.9. The Bertz CT molecular complexity index is 379. The van der Waals surface area contributed by atoms with Gasteiger partial charge in [-0.1, -0.05) is 19.9 Å². The molecule has 0 aliphatic heterocycles. The van der Waals surface area contributed by atoms with Crippen LogP contribution in [0, 0.1) is 0 Å². The molecule has 0 aliphatic rings. The van der Waals surface area contributed by atoms with Crippen LogP contribution in [0.2, 0.25) is 0 Å². The molecule has 0 saturated carbocycles. The molecule has 4 heteroatoms.